The number of ether oxygens (including phenoxy) is 1. The van der Waals surface area contributed by atoms with Gasteiger partial charge in [-0.3, -0.25) is 14.9 Å². The van der Waals surface area contributed by atoms with Gasteiger partial charge >= 0.3 is 0 Å². The molecule has 0 bridgehead atoms. The van der Waals surface area contributed by atoms with Crippen LogP contribution in [0.5, 0.6) is 11.6 Å². The van der Waals surface area contributed by atoms with Crippen LogP contribution in [0.25, 0.3) is 11.4 Å². The van der Waals surface area contributed by atoms with E-state index in [0.29, 0.717) is 28.4 Å². The minimum Gasteiger partial charge on any atom is -0.439 e. The third-order valence-electron chi connectivity index (χ3n) is 3.83. The minimum atomic E-state index is -0.559. The van der Waals surface area contributed by atoms with Gasteiger partial charge in [0.05, 0.1) is 4.92 Å². The van der Waals surface area contributed by atoms with Crippen LogP contribution in [0.1, 0.15) is 21.6 Å². The second-order valence-electron chi connectivity index (χ2n) is 5.93. The van der Waals surface area contributed by atoms with Gasteiger partial charge in [0.25, 0.3) is 5.69 Å². The number of primary amides is 1. The predicted octanol–water partition coefficient (Wildman–Crippen LogP) is 3.56. The van der Waals surface area contributed by atoms with E-state index in [-0.39, 0.29) is 11.6 Å². The summed E-state index contributed by atoms with van der Waals surface area (Å²) in [4.78, 5) is 30.6. The molecule has 0 saturated carbocycles. The zero-order valence-corrected chi connectivity index (χ0v) is 14.7. The number of carbonyl (C=O) groups is 1. The van der Waals surface area contributed by atoms with Gasteiger partial charge in [-0.25, -0.2) is 4.98 Å². The molecule has 0 unspecified atom stereocenters. The van der Waals surface area contributed by atoms with E-state index in [1.54, 1.807) is 43.3 Å². The number of nitro benzene ring substituents is 1. The van der Waals surface area contributed by atoms with E-state index < -0.39 is 10.8 Å². The van der Waals surface area contributed by atoms with E-state index >= 15 is 0 Å². The first-order valence-electron chi connectivity index (χ1n) is 8.02. The highest BCUT2D eigenvalue weighted by Crippen LogP contribution is 2.28. The average molecular weight is 364 g/mol. The van der Waals surface area contributed by atoms with E-state index in [4.69, 9.17) is 10.5 Å². The molecule has 3 rings (SSSR count). The number of benzene rings is 2. The number of carbonyl (C=O) groups excluding carboxylic acids is 1. The normalized spacial score (nSPS) is 10.4. The Kier molecular flexibility index (Phi) is 4.80. The smallest absolute Gasteiger partial charge is 0.270 e. The Hall–Kier alpha value is -3.81. The van der Waals surface area contributed by atoms with Gasteiger partial charge in [-0.2, -0.15) is 4.98 Å². The van der Waals surface area contributed by atoms with Crippen LogP contribution in [0.2, 0.25) is 0 Å². The largest absolute Gasteiger partial charge is 0.439 e. The molecule has 8 heteroatoms. The van der Waals surface area contributed by atoms with Gasteiger partial charge in [0.15, 0.2) is 5.82 Å². The van der Waals surface area contributed by atoms with Crippen LogP contribution in [0, 0.1) is 24.0 Å². The van der Waals surface area contributed by atoms with Crippen molar-refractivity contribution in [3.05, 3.63) is 75.5 Å². The third kappa shape index (κ3) is 4.06. The van der Waals surface area contributed by atoms with Crippen molar-refractivity contribution in [2.45, 2.75) is 13.8 Å². The van der Waals surface area contributed by atoms with Crippen molar-refractivity contribution in [3.63, 3.8) is 0 Å². The first kappa shape index (κ1) is 18.0. The predicted molar refractivity (Wildman–Crippen MR) is 98.6 cm³/mol. The summed E-state index contributed by atoms with van der Waals surface area (Å²) in [6, 6.07) is 12.6. The number of nitrogens with two attached hydrogens (primary N) is 1. The molecule has 0 aliphatic rings. The van der Waals surface area contributed by atoms with Gasteiger partial charge < -0.3 is 10.5 Å². The van der Waals surface area contributed by atoms with Crippen molar-refractivity contribution in [3.8, 4) is 23.0 Å². The number of nitro groups is 1. The molecule has 1 heterocycles. The molecule has 27 heavy (non-hydrogen) atoms. The quantitative estimate of drug-likeness (QED) is 0.546. The van der Waals surface area contributed by atoms with Crippen molar-refractivity contribution in [2.75, 3.05) is 0 Å². The van der Waals surface area contributed by atoms with Crippen molar-refractivity contribution < 1.29 is 14.5 Å². The summed E-state index contributed by atoms with van der Waals surface area (Å²) in [5.41, 5.74) is 7.51. The SMILES string of the molecule is Cc1cc(Oc2cc(C(N)=O)ccc2C)nc(-c2cccc([N+](=O)[O-])c2)n1. The molecule has 1 aromatic heterocycles. The lowest BCUT2D eigenvalue weighted by molar-refractivity contribution is -0.384. The topological polar surface area (TPSA) is 121 Å². The third-order valence-corrected chi connectivity index (χ3v) is 3.83. The monoisotopic (exact) mass is 364 g/mol. The fourth-order valence-corrected chi connectivity index (χ4v) is 2.46. The summed E-state index contributed by atoms with van der Waals surface area (Å²) in [6.45, 7) is 3.59. The standard InChI is InChI=1S/C19H16N4O4/c1-11-6-7-13(18(20)24)10-16(11)27-17-8-12(2)21-19(22-17)14-4-3-5-15(9-14)23(25)26/h3-10H,1-2H3,(H2,20,24). The number of amides is 1. The number of rotatable bonds is 5. The molecular weight excluding hydrogens is 348 g/mol. The molecule has 2 aromatic carbocycles. The van der Waals surface area contributed by atoms with Crippen molar-refractivity contribution in [2.24, 2.45) is 5.73 Å². The molecule has 0 atom stereocenters. The van der Waals surface area contributed by atoms with Crippen LogP contribution >= 0.6 is 0 Å². The van der Waals surface area contributed by atoms with Gasteiger partial charge in [0.2, 0.25) is 11.8 Å². The van der Waals surface area contributed by atoms with Gasteiger partial charge in [0, 0.05) is 35.0 Å². The molecule has 0 saturated heterocycles. The number of hydrogen-bond acceptors (Lipinski definition) is 6. The first-order chi connectivity index (χ1) is 12.8. The molecule has 0 aliphatic carbocycles. The Morgan fingerprint density at radius 3 is 2.59 bits per heavy atom. The summed E-state index contributed by atoms with van der Waals surface area (Å²) < 4.78 is 5.83. The molecule has 0 fully saturated rings. The van der Waals surface area contributed by atoms with Crippen LogP contribution in [0.4, 0.5) is 5.69 Å². The molecule has 136 valence electrons. The fourth-order valence-electron chi connectivity index (χ4n) is 2.46. The van der Waals surface area contributed by atoms with Crippen LogP contribution < -0.4 is 10.5 Å². The van der Waals surface area contributed by atoms with Crippen molar-refractivity contribution in [1.29, 1.82) is 0 Å². The van der Waals surface area contributed by atoms with Crippen LogP contribution in [0.15, 0.2) is 48.5 Å². The van der Waals surface area contributed by atoms with Crippen molar-refractivity contribution >= 4 is 11.6 Å². The molecule has 0 radical (unpaired) electrons. The molecule has 0 aliphatic heterocycles. The van der Waals surface area contributed by atoms with Gasteiger partial charge in [-0.1, -0.05) is 18.2 Å². The first-order valence-corrected chi connectivity index (χ1v) is 8.02. The number of nitrogens with zero attached hydrogens (tertiary/aromatic N) is 3. The van der Waals surface area contributed by atoms with E-state index in [1.165, 1.54) is 12.1 Å². The Morgan fingerprint density at radius 2 is 1.89 bits per heavy atom. The Labute approximate surface area is 154 Å². The maximum Gasteiger partial charge on any atom is 0.270 e. The highest BCUT2D eigenvalue weighted by Gasteiger charge is 2.13. The zero-order valence-electron chi connectivity index (χ0n) is 14.7. The lowest BCUT2D eigenvalue weighted by atomic mass is 10.1. The maximum atomic E-state index is 11.4. The average Bonchev–Trinajstić information content (AvgIpc) is 2.63. The molecule has 8 nitrogen and oxygen atoms in total. The molecule has 0 spiro atoms. The number of hydrogen-bond donors (Lipinski definition) is 1. The van der Waals surface area contributed by atoms with Crippen LogP contribution in [0.3, 0.4) is 0 Å². The van der Waals surface area contributed by atoms with Crippen LogP contribution in [-0.4, -0.2) is 20.8 Å². The van der Waals surface area contributed by atoms with Gasteiger partial charge in [-0.05, 0) is 31.5 Å². The highest BCUT2D eigenvalue weighted by atomic mass is 16.6. The maximum absolute atomic E-state index is 11.4. The van der Waals surface area contributed by atoms with E-state index in [0.717, 1.165) is 5.56 Å². The second kappa shape index (κ2) is 7.20. The summed E-state index contributed by atoms with van der Waals surface area (Å²) in [7, 11) is 0. The molecule has 2 N–H and O–H groups in total. The minimum absolute atomic E-state index is 0.0509. The van der Waals surface area contributed by atoms with E-state index in [2.05, 4.69) is 9.97 Å². The summed E-state index contributed by atoms with van der Waals surface area (Å²) in [5, 5.41) is 11.0. The number of aryl methyl sites for hydroxylation is 2. The van der Waals surface area contributed by atoms with Gasteiger partial charge in [0.1, 0.15) is 5.75 Å². The Bertz CT molecular complexity index is 1050. The summed E-state index contributed by atoms with van der Waals surface area (Å²) in [5.74, 6) is 0.441. The fraction of sp³-hybridized carbons (Fsp3) is 0.105. The Morgan fingerprint density at radius 1 is 1.11 bits per heavy atom. The van der Waals surface area contributed by atoms with Crippen molar-refractivity contribution in [1.82, 2.24) is 9.97 Å². The molecular formula is C19H16N4O4. The van der Waals surface area contributed by atoms with Crippen LogP contribution in [-0.2, 0) is 0 Å². The molecule has 1 amide bonds. The van der Waals surface area contributed by atoms with Gasteiger partial charge in [-0.15, -0.1) is 0 Å². The number of non-ortho nitro benzene ring substituents is 1. The lowest BCUT2D eigenvalue weighted by Gasteiger charge is -2.11. The highest BCUT2D eigenvalue weighted by molar-refractivity contribution is 5.93. The summed E-state index contributed by atoms with van der Waals surface area (Å²) in [6.07, 6.45) is 0. The summed E-state index contributed by atoms with van der Waals surface area (Å²) >= 11 is 0. The zero-order chi connectivity index (χ0) is 19.6. The molecule has 3 aromatic rings. The second-order valence-corrected chi connectivity index (χ2v) is 5.93. The van der Waals surface area contributed by atoms with E-state index in [1.807, 2.05) is 6.92 Å². The number of aromatic nitrogens is 2. The Balaban J connectivity index is 1.99. The van der Waals surface area contributed by atoms with E-state index in [9.17, 15) is 14.9 Å². The lowest BCUT2D eigenvalue weighted by Crippen LogP contribution is -2.11.